The highest BCUT2D eigenvalue weighted by Gasteiger charge is 2.19. The molecule has 0 radical (unpaired) electrons. The molecule has 1 rings (SSSR count). The Kier molecular flexibility index (Phi) is 6.18. The van der Waals surface area contributed by atoms with Gasteiger partial charge in [-0.1, -0.05) is 18.5 Å². The standard InChI is InChI=1S/C15H22ClN3O2/c1-6-13(18(2)3)14(20)17-10-7-8-11(12(16)9-10)15(21)19(4)5/h7-9,13H,6H2,1-5H3,(H,17,20). The summed E-state index contributed by atoms with van der Waals surface area (Å²) < 4.78 is 0. The number of hydrogen-bond donors (Lipinski definition) is 1. The van der Waals surface area contributed by atoms with E-state index in [1.54, 1.807) is 32.3 Å². The van der Waals surface area contributed by atoms with E-state index in [1.807, 2.05) is 25.9 Å². The minimum Gasteiger partial charge on any atom is -0.345 e. The van der Waals surface area contributed by atoms with Crippen molar-refractivity contribution in [1.29, 1.82) is 0 Å². The van der Waals surface area contributed by atoms with Crippen LogP contribution in [0.5, 0.6) is 0 Å². The fourth-order valence-electron chi connectivity index (χ4n) is 2.02. The van der Waals surface area contributed by atoms with Crippen LogP contribution in [0.2, 0.25) is 5.02 Å². The van der Waals surface area contributed by atoms with Crippen LogP contribution < -0.4 is 5.32 Å². The Morgan fingerprint density at radius 2 is 1.86 bits per heavy atom. The third-order valence-electron chi connectivity index (χ3n) is 3.19. The van der Waals surface area contributed by atoms with Gasteiger partial charge in [-0.3, -0.25) is 14.5 Å². The molecule has 0 saturated heterocycles. The second-order valence-electron chi connectivity index (χ2n) is 5.27. The molecule has 6 heteroatoms. The van der Waals surface area contributed by atoms with Gasteiger partial charge in [-0.15, -0.1) is 0 Å². The first kappa shape index (κ1) is 17.5. The summed E-state index contributed by atoms with van der Waals surface area (Å²) >= 11 is 6.12. The summed E-state index contributed by atoms with van der Waals surface area (Å²) in [6.45, 7) is 1.95. The van der Waals surface area contributed by atoms with Gasteiger partial charge >= 0.3 is 0 Å². The molecule has 0 aliphatic heterocycles. The molecule has 2 amide bonds. The van der Waals surface area contributed by atoms with E-state index in [2.05, 4.69) is 5.32 Å². The highest BCUT2D eigenvalue weighted by molar-refractivity contribution is 6.34. The molecular weight excluding hydrogens is 290 g/mol. The molecular formula is C15H22ClN3O2. The number of hydrogen-bond acceptors (Lipinski definition) is 3. The van der Waals surface area contributed by atoms with E-state index in [0.717, 1.165) is 0 Å². The molecule has 21 heavy (non-hydrogen) atoms. The quantitative estimate of drug-likeness (QED) is 0.908. The predicted molar refractivity (Wildman–Crippen MR) is 85.9 cm³/mol. The summed E-state index contributed by atoms with van der Waals surface area (Å²) in [5, 5.41) is 3.14. The van der Waals surface area contributed by atoms with Crippen LogP contribution in [0.3, 0.4) is 0 Å². The maximum absolute atomic E-state index is 12.2. The monoisotopic (exact) mass is 311 g/mol. The molecule has 1 aromatic rings. The maximum Gasteiger partial charge on any atom is 0.254 e. The number of likely N-dealkylation sites (N-methyl/N-ethyl adjacent to an activating group) is 1. The second-order valence-corrected chi connectivity index (χ2v) is 5.68. The number of nitrogens with one attached hydrogen (secondary N) is 1. The Hall–Kier alpha value is -1.59. The van der Waals surface area contributed by atoms with Crippen molar-refractivity contribution in [2.24, 2.45) is 0 Å². The summed E-state index contributed by atoms with van der Waals surface area (Å²) in [5.41, 5.74) is 1.000. The van der Waals surface area contributed by atoms with E-state index in [-0.39, 0.29) is 17.9 Å². The number of halogens is 1. The van der Waals surface area contributed by atoms with Gasteiger partial charge in [-0.2, -0.15) is 0 Å². The van der Waals surface area contributed by atoms with E-state index in [9.17, 15) is 9.59 Å². The minimum absolute atomic E-state index is 0.0924. The van der Waals surface area contributed by atoms with Gasteiger partial charge < -0.3 is 10.2 Å². The summed E-state index contributed by atoms with van der Waals surface area (Å²) in [6.07, 6.45) is 0.712. The first-order valence-corrected chi connectivity index (χ1v) is 7.14. The fourth-order valence-corrected chi connectivity index (χ4v) is 2.28. The molecule has 0 heterocycles. The summed E-state index contributed by atoms with van der Waals surface area (Å²) in [4.78, 5) is 27.4. The predicted octanol–water partition coefficient (Wildman–Crippen LogP) is 2.32. The molecule has 1 N–H and O–H groups in total. The summed E-state index contributed by atoms with van der Waals surface area (Å²) in [7, 11) is 7.05. The van der Waals surface area contributed by atoms with Crippen LogP contribution in [0.4, 0.5) is 5.69 Å². The van der Waals surface area contributed by atoms with Crippen molar-refractivity contribution in [3.05, 3.63) is 28.8 Å². The van der Waals surface area contributed by atoms with Crippen molar-refractivity contribution in [2.75, 3.05) is 33.5 Å². The summed E-state index contributed by atoms with van der Waals surface area (Å²) in [5.74, 6) is -0.261. The van der Waals surface area contributed by atoms with Crippen molar-refractivity contribution in [3.63, 3.8) is 0 Å². The SMILES string of the molecule is CCC(C(=O)Nc1ccc(C(=O)N(C)C)c(Cl)c1)N(C)C. The molecule has 5 nitrogen and oxygen atoms in total. The van der Waals surface area contributed by atoms with Crippen LogP contribution in [0, 0.1) is 0 Å². The molecule has 1 atom stereocenters. The van der Waals surface area contributed by atoms with Gasteiger partial charge in [0.1, 0.15) is 0 Å². The van der Waals surface area contributed by atoms with E-state index in [4.69, 9.17) is 11.6 Å². The highest BCUT2D eigenvalue weighted by Crippen LogP contribution is 2.22. The minimum atomic E-state index is -0.202. The normalized spacial score (nSPS) is 12.1. The van der Waals surface area contributed by atoms with Gasteiger partial charge in [0.05, 0.1) is 16.6 Å². The fraction of sp³-hybridized carbons (Fsp3) is 0.467. The van der Waals surface area contributed by atoms with Crippen molar-refractivity contribution < 1.29 is 9.59 Å². The van der Waals surface area contributed by atoms with E-state index < -0.39 is 0 Å². The van der Waals surface area contributed by atoms with Crippen LogP contribution in [-0.4, -0.2) is 55.8 Å². The van der Waals surface area contributed by atoms with Gasteiger partial charge in [-0.05, 0) is 38.7 Å². The Balaban J connectivity index is 2.90. The lowest BCUT2D eigenvalue weighted by Gasteiger charge is -2.22. The number of rotatable bonds is 5. The van der Waals surface area contributed by atoms with Gasteiger partial charge in [0, 0.05) is 19.8 Å². The zero-order valence-electron chi connectivity index (χ0n) is 13.1. The molecule has 1 aromatic carbocycles. The third-order valence-corrected chi connectivity index (χ3v) is 3.50. The van der Waals surface area contributed by atoms with E-state index in [1.165, 1.54) is 4.90 Å². The molecule has 0 bridgehead atoms. The number of nitrogens with zero attached hydrogens (tertiary/aromatic N) is 2. The van der Waals surface area contributed by atoms with Crippen molar-refractivity contribution in [3.8, 4) is 0 Å². The van der Waals surface area contributed by atoms with Gasteiger partial charge in [0.25, 0.3) is 5.91 Å². The van der Waals surface area contributed by atoms with Crippen LogP contribution in [0.15, 0.2) is 18.2 Å². The lowest BCUT2D eigenvalue weighted by Crippen LogP contribution is -2.39. The van der Waals surface area contributed by atoms with E-state index >= 15 is 0 Å². The number of carbonyl (C=O) groups is 2. The Morgan fingerprint density at radius 3 is 2.29 bits per heavy atom. The zero-order chi connectivity index (χ0) is 16.2. The zero-order valence-corrected chi connectivity index (χ0v) is 13.9. The van der Waals surface area contributed by atoms with Crippen LogP contribution in [-0.2, 0) is 4.79 Å². The lowest BCUT2D eigenvalue weighted by atomic mass is 10.1. The Morgan fingerprint density at radius 1 is 1.24 bits per heavy atom. The number of carbonyl (C=O) groups excluding carboxylic acids is 2. The van der Waals surface area contributed by atoms with Crippen molar-refractivity contribution in [2.45, 2.75) is 19.4 Å². The largest absolute Gasteiger partial charge is 0.345 e. The van der Waals surface area contributed by atoms with Crippen molar-refractivity contribution >= 4 is 29.1 Å². The van der Waals surface area contributed by atoms with Crippen LogP contribution in [0.1, 0.15) is 23.7 Å². The molecule has 1 unspecified atom stereocenters. The third kappa shape index (κ3) is 4.44. The molecule has 0 saturated carbocycles. The Labute approximate surface area is 130 Å². The first-order valence-electron chi connectivity index (χ1n) is 6.76. The second kappa shape index (κ2) is 7.43. The average molecular weight is 312 g/mol. The number of benzene rings is 1. The van der Waals surface area contributed by atoms with Gasteiger partial charge in [0.15, 0.2) is 0 Å². The van der Waals surface area contributed by atoms with Gasteiger partial charge in [0.2, 0.25) is 5.91 Å². The van der Waals surface area contributed by atoms with Crippen LogP contribution in [0.25, 0.3) is 0 Å². The first-order chi connectivity index (χ1) is 9.77. The Bertz CT molecular complexity index is 530. The van der Waals surface area contributed by atoms with Crippen LogP contribution >= 0.6 is 11.6 Å². The molecule has 0 fully saturated rings. The molecule has 116 valence electrons. The topological polar surface area (TPSA) is 52.7 Å². The molecule has 0 aromatic heterocycles. The molecule has 0 aliphatic carbocycles. The van der Waals surface area contributed by atoms with Gasteiger partial charge in [-0.25, -0.2) is 0 Å². The smallest absolute Gasteiger partial charge is 0.254 e. The molecule has 0 aliphatic rings. The lowest BCUT2D eigenvalue weighted by molar-refractivity contribution is -0.120. The number of amides is 2. The average Bonchev–Trinajstić information content (AvgIpc) is 2.38. The highest BCUT2D eigenvalue weighted by atomic mass is 35.5. The summed E-state index contributed by atoms with van der Waals surface area (Å²) in [6, 6.07) is 4.70. The molecule has 0 spiro atoms. The number of anilines is 1. The maximum atomic E-state index is 12.2. The van der Waals surface area contributed by atoms with E-state index in [0.29, 0.717) is 22.7 Å². The van der Waals surface area contributed by atoms with Crippen molar-refractivity contribution in [1.82, 2.24) is 9.80 Å².